The van der Waals surface area contributed by atoms with Crippen molar-refractivity contribution in [2.75, 3.05) is 0 Å². The molecule has 1 fully saturated rings. The van der Waals surface area contributed by atoms with Gasteiger partial charge in [-0.1, -0.05) is 0 Å². The predicted molar refractivity (Wildman–Crippen MR) is 29.8 cm³/mol. The van der Waals surface area contributed by atoms with Crippen molar-refractivity contribution in [1.82, 2.24) is 5.32 Å². The van der Waals surface area contributed by atoms with Crippen LogP contribution < -0.4 is 5.32 Å². The van der Waals surface area contributed by atoms with E-state index in [0.717, 1.165) is 0 Å². The second-order valence-corrected chi connectivity index (χ2v) is 2.02. The van der Waals surface area contributed by atoms with Crippen LogP contribution in [-0.4, -0.2) is 23.0 Å². The molecule has 1 rings (SSSR count). The summed E-state index contributed by atoms with van der Waals surface area (Å²) in [6, 6.07) is -0.530. The Hall–Kier alpha value is -1.06. The van der Waals surface area contributed by atoms with Gasteiger partial charge in [0.1, 0.15) is 0 Å². The SMILES string of the molecule is O=C1CCC(C(=O)[OH2+])N1. The van der Waals surface area contributed by atoms with Crippen molar-refractivity contribution >= 4 is 11.9 Å². The molecule has 4 heteroatoms. The molecule has 3 N–H and O–H groups in total. The van der Waals surface area contributed by atoms with Gasteiger partial charge in [0.2, 0.25) is 5.91 Å². The zero-order chi connectivity index (χ0) is 6.85. The first-order valence-corrected chi connectivity index (χ1v) is 2.75. The van der Waals surface area contributed by atoms with Crippen LogP contribution in [-0.2, 0) is 9.59 Å². The Morgan fingerprint density at radius 1 is 1.78 bits per heavy atom. The lowest BCUT2D eigenvalue weighted by Gasteiger charge is -1.94. The van der Waals surface area contributed by atoms with Crippen LogP contribution in [0.5, 0.6) is 0 Å². The molecule has 1 heterocycles. The molecule has 0 bridgehead atoms. The van der Waals surface area contributed by atoms with Gasteiger partial charge in [-0.3, -0.25) is 4.79 Å². The van der Waals surface area contributed by atoms with Gasteiger partial charge in [0.05, 0.1) is 0 Å². The van der Waals surface area contributed by atoms with Crippen molar-refractivity contribution < 1.29 is 14.7 Å². The molecule has 0 saturated carbocycles. The molecule has 1 unspecified atom stereocenters. The molecule has 0 aromatic rings. The van der Waals surface area contributed by atoms with E-state index in [0.29, 0.717) is 12.8 Å². The average molecular weight is 130 g/mol. The molecule has 1 saturated heterocycles. The summed E-state index contributed by atoms with van der Waals surface area (Å²) in [6.45, 7) is 0. The molecule has 4 nitrogen and oxygen atoms in total. The monoisotopic (exact) mass is 130 g/mol. The van der Waals surface area contributed by atoms with Gasteiger partial charge in [-0.15, -0.1) is 0 Å². The van der Waals surface area contributed by atoms with Crippen molar-refractivity contribution in [3.8, 4) is 0 Å². The first kappa shape index (κ1) is 6.07. The van der Waals surface area contributed by atoms with Crippen LogP contribution in [0.25, 0.3) is 0 Å². The van der Waals surface area contributed by atoms with E-state index in [4.69, 9.17) is 5.11 Å². The third-order valence-electron chi connectivity index (χ3n) is 1.31. The van der Waals surface area contributed by atoms with Crippen LogP contribution in [0, 0.1) is 0 Å². The first-order chi connectivity index (χ1) is 4.20. The summed E-state index contributed by atoms with van der Waals surface area (Å²) in [5.74, 6) is -0.818. The minimum Gasteiger partial charge on any atom is -0.563 e. The highest BCUT2D eigenvalue weighted by Gasteiger charge is 2.31. The zero-order valence-electron chi connectivity index (χ0n) is 4.81. The van der Waals surface area contributed by atoms with E-state index in [1.807, 2.05) is 0 Å². The molecule has 1 aliphatic rings. The van der Waals surface area contributed by atoms with Gasteiger partial charge >= 0.3 is 5.97 Å². The summed E-state index contributed by atoms with van der Waals surface area (Å²) in [5.41, 5.74) is 0. The van der Waals surface area contributed by atoms with E-state index in [-0.39, 0.29) is 5.91 Å². The van der Waals surface area contributed by atoms with Gasteiger partial charge in [0.15, 0.2) is 6.04 Å². The van der Waals surface area contributed by atoms with Gasteiger partial charge in [0.25, 0.3) is 0 Å². The summed E-state index contributed by atoms with van der Waals surface area (Å²) in [6.07, 6.45) is 0.871. The first-order valence-electron chi connectivity index (χ1n) is 2.75. The topological polar surface area (TPSA) is 69.1 Å². The lowest BCUT2D eigenvalue weighted by atomic mass is 10.2. The average Bonchev–Trinajstić information content (AvgIpc) is 2.14. The smallest absolute Gasteiger partial charge is 0.538 e. The van der Waals surface area contributed by atoms with Crippen molar-refractivity contribution in [3.63, 3.8) is 0 Å². The zero-order valence-corrected chi connectivity index (χ0v) is 4.81. The second-order valence-electron chi connectivity index (χ2n) is 2.02. The standard InChI is InChI=1S/C5H7NO3/c7-4-2-1-3(6-4)5(8)9/h3H,1-2H2,(H,6,7)(H,8,9)/p+1. The number of carbonyl (C=O) groups excluding carboxylic acids is 2. The molecular formula is C5H8NO3+. The van der Waals surface area contributed by atoms with E-state index in [2.05, 4.69) is 5.32 Å². The van der Waals surface area contributed by atoms with Gasteiger partial charge in [-0.05, 0) is 6.42 Å². The fourth-order valence-electron chi connectivity index (χ4n) is 0.811. The highest BCUT2D eigenvalue weighted by molar-refractivity contribution is 5.87. The maximum absolute atomic E-state index is 10.4. The Morgan fingerprint density at radius 3 is 2.67 bits per heavy atom. The van der Waals surface area contributed by atoms with Crippen LogP contribution in [0.2, 0.25) is 0 Å². The number of hydrogen-bond donors (Lipinski definition) is 1. The normalized spacial score (nSPS) is 25.8. The fourth-order valence-corrected chi connectivity index (χ4v) is 0.811. The number of hydrogen-bond acceptors (Lipinski definition) is 2. The fraction of sp³-hybridized carbons (Fsp3) is 0.600. The highest BCUT2D eigenvalue weighted by atomic mass is 16.4. The predicted octanol–water partition coefficient (Wildman–Crippen LogP) is -1.48. The number of carbonyl (C=O) groups is 2. The third-order valence-corrected chi connectivity index (χ3v) is 1.31. The van der Waals surface area contributed by atoms with Crippen LogP contribution in [0.15, 0.2) is 0 Å². The summed E-state index contributed by atoms with van der Waals surface area (Å²) >= 11 is 0. The minimum absolute atomic E-state index is 0.124. The van der Waals surface area contributed by atoms with Gasteiger partial charge in [-0.2, -0.15) is 0 Å². The molecule has 0 aromatic heterocycles. The Balaban J connectivity index is 2.48. The van der Waals surface area contributed by atoms with Gasteiger partial charge in [-0.25, -0.2) is 0 Å². The summed E-state index contributed by atoms with van der Waals surface area (Å²) in [7, 11) is 0. The molecule has 50 valence electrons. The van der Waals surface area contributed by atoms with Crippen LogP contribution in [0.3, 0.4) is 0 Å². The van der Waals surface area contributed by atoms with E-state index in [9.17, 15) is 9.59 Å². The van der Waals surface area contributed by atoms with E-state index < -0.39 is 12.0 Å². The molecule has 0 spiro atoms. The van der Waals surface area contributed by atoms with Crippen molar-refractivity contribution in [3.05, 3.63) is 0 Å². The Bertz CT molecular complexity index is 154. The summed E-state index contributed by atoms with van der Waals surface area (Å²) in [5, 5.41) is 8.99. The molecule has 9 heavy (non-hydrogen) atoms. The van der Waals surface area contributed by atoms with Crippen LogP contribution >= 0.6 is 0 Å². The van der Waals surface area contributed by atoms with Crippen molar-refractivity contribution in [2.45, 2.75) is 18.9 Å². The molecule has 1 atom stereocenters. The molecule has 1 aliphatic heterocycles. The maximum atomic E-state index is 10.4. The molecular weight excluding hydrogens is 122 g/mol. The lowest BCUT2D eigenvalue weighted by Crippen LogP contribution is -2.32. The van der Waals surface area contributed by atoms with Crippen molar-refractivity contribution in [1.29, 1.82) is 0 Å². The largest absolute Gasteiger partial charge is 0.563 e. The molecule has 0 aromatic carbocycles. The molecule has 1 amide bonds. The van der Waals surface area contributed by atoms with Crippen LogP contribution in [0.1, 0.15) is 12.8 Å². The quantitative estimate of drug-likeness (QED) is 0.439. The lowest BCUT2D eigenvalue weighted by molar-refractivity contribution is -0.140. The summed E-state index contributed by atoms with van der Waals surface area (Å²) in [4.78, 5) is 20.7. The number of nitrogens with one attached hydrogen (secondary N) is 1. The van der Waals surface area contributed by atoms with Gasteiger partial charge < -0.3 is 10.4 Å². The van der Waals surface area contributed by atoms with E-state index in [1.54, 1.807) is 0 Å². The van der Waals surface area contributed by atoms with Crippen molar-refractivity contribution in [2.24, 2.45) is 0 Å². The maximum Gasteiger partial charge on any atom is 0.538 e. The molecule has 0 aliphatic carbocycles. The minimum atomic E-state index is -0.694. The number of amides is 1. The summed E-state index contributed by atoms with van der Waals surface area (Å²) < 4.78 is 0. The Labute approximate surface area is 51.9 Å². The highest BCUT2D eigenvalue weighted by Crippen LogP contribution is 2.05. The third kappa shape index (κ3) is 1.19. The Morgan fingerprint density at radius 2 is 2.44 bits per heavy atom. The van der Waals surface area contributed by atoms with E-state index in [1.165, 1.54) is 0 Å². The van der Waals surface area contributed by atoms with Crippen LogP contribution in [0.4, 0.5) is 0 Å². The van der Waals surface area contributed by atoms with E-state index >= 15 is 0 Å². The molecule has 0 radical (unpaired) electrons. The Kier molecular flexibility index (Phi) is 1.38. The number of rotatable bonds is 1. The second kappa shape index (κ2) is 2.05. The van der Waals surface area contributed by atoms with Gasteiger partial charge in [0, 0.05) is 11.2 Å².